The smallest absolute Gasteiger partial charge is 0.298 e. The highest BCUT2D eigenvalue weighted by molar-refractivity contribution is 5.75. The highest BCUT2D eigenvalue weighted by atomic mass is 16.5. The van der Waals surface area contributed by atoms with Crippen LogP contribution in [0.15, 0.2) is 40.9 Å². The SMILES string of the molecule is CC(C)Cc1ccc(COCc2ccc3nc(N4CCNCC4)oc3c2)nc1. The zero-order chi connectivity index (χ0) is 19.3. The van der Waals surface area contributed by atoms with Gasteiger partial charge in [0, 0.05) is 32.4 Å². The van der Waals surface area contributed by atoms with Gasteiger partial charge in [-0.15, -0.1) is 0 Å². The van der Waals surface area contributed by atoms with Gasteiger partial charge in [0.1, 0.15) is 5.52 Å². The molecule has 4 rings (SSSR count). The second kappa shape index (κ2) is 8.71. The molecule has 0 unspecified atom stereocenters. The number of pyridine rings is 1. The third-order valence-corrected chi connectivity index (χ3v) is 4.88. The first-order chi connectivity index (χ1) is 13.7. The van der Waals surface area contributed by atoms with Crippen LogP contribution in [0.4, 0.5) is 6.01 Å². The number of rotatable bonds is 7. The molecule has 0 atom stereocenters. The standard InChI is InChI=1S/C22H28N4O2/c1-16(2)11-17-3-5-19(24-13-17)15-27-14-18-4-6-20-21(12-18)28-22(25-20)26-9-7-23-8-10-26/h3-6,12-13,16,23H,7-11,14-15H2,1-2H3. The summed E-state index contributed by atoms with van der Waals surface area (Å²) in [6.07, 6.45) is 3.01. The van der Waals surface area contributed by atoms with Crippen molar-refractivity contribution in [1.82, 2.24) is 15.3 Å². The molecule has 6 heteroatoms. The van der Waals surface area contributed by atoms with Gasteiger partial charge >= 0.3 is 0 Å². The Labute approximate surface area is 165 Å². The third kappa shape index (κ3) is 4.69. The van der Waals surface area contributed by atoms with Crippen molar-refractivity contribution in [3.8, 4) is 0 Å². The van der Waals surface area contributed by atoms with Crippen molar-refractivity contribution < 1.29 is 9.15 Å². The molecule has 1 aliphatic heterocycles. The normalized spacial score (nSPS) is 14.9. The average Bonchev–Trinajstić information content (AvgIpc) is 3.13. The van der Waals surface area contributed by atoms with E-state index in [1.54, 1.807) is 0 Å². The van der Waals surface area contributed by atoms with Gasteiger partial charge in [-0.2, -0.15) is 4.98 Å². The second-order valence-electron chi connectivity index (χ2n) is 7.78. The van der Waals surface area contributed by atoms with Crippen LogP contribution >= 0.6 is 0 Å². The van der Waals surface area contributed by atoms with E-state index >= 15 is 0 Å². The van der Waals surface area contributed by atoms with Gasteiger partial charge < -0.3 is 19.4 Å². The summed E-state index contributed by atoms with van der Waals surface area (Å²) in [7, 11) is 0. The van der Waals surface area contributed by atoms with E-state index in [9.17, 15) is 0 Å². The van der Waals surface area contributed by atoms with Gasteiger partial charge in [0.25, 0.3) is 6.01 Å². The van der Waals surface area contributed by atoms with E-state index in [4.69, 9.17) is 9.15 Å². The van der Waals surface area contributed by atoms with Crippen LogP contribution in [-0.4, -0.2) is 36.1 Å². The number of nitrogens with one attached hydrogen (secondary N) is 1. The molecular weight excluding hydrogens is 352 g/mol. The maximum absolute atomic E-state index is 5.98. The Kier molecular flexibility index (Phi) is 5.88. The largest absolute Gasteiger partial charge is 0.423 e. The monoisotopic (exact) mass is 380 g/mol. The summed E-state index contributed by atoms with van der Waals surface area (Å²) in [4.78, 5) is 11.3. The molecule has 1 N–H and O–H groups in total. The van der Waals surface area contributed by atoms with Gasteiger partial charge in [0.05, 0.1) is 18.9 Å². The summed E-state index contributed by atoms with van der Waals surface area (Å²) in [5.41, 5.74) is 5.00. The number of nitrogens with zero attached hydrogens (tertiary/aromatic N) is 3. The van der Waals surface area contributed by atoms with E-state index in [2.05, 4.69) is 46.2 Å². The Morgan fingerprint density at radius 2 is 1.93 bits per heavy atom. The quantitative estimate of drug-likeness (QED) is 0.676. The lowest BCUT2D eigenvalue weighted by molar-refractivity contribution is 0.104. The van der Waals surface area contributed by atoms with Crippen LogP contribution in [0.25, 0.3) is 11.1 Å². The first-order valence-electron chi connectivity index (χ1n) is 10.0. The fourth-order valence-electron chi connectivity index (χ4n) is 3.44. The average molecular weight is 380 g/mol. The fraction of sp³-hybridized carbons (Fsp3) is 0.455. The Hall–Kier alpha value is -2.44. The summed E-state index contributed by atoms with van der Waals surface area (Å²) >= 11 is 0. The molecule has 0 spiro atoms. The number of aromatic nitrogens is 2. The third-order valence-electron chi connectivity index (χ3n) is 4.88. The lowest BCUT2D eigenvalue weighted by Gasteiger charge is -2.25. The summed E-state index contributed by atoms with van der Waals surface area (Å²) in [5, 5.41) is 3.34. The van der Waals surface area contributed by atoms with E-state index < -0.39 is 0 Å². The number of fused-ring (bicyclic) bond motifs is 1. The van der Waals surface area contributed by atoms with Crippen LogP contribution in [0.5, 0.6) is 0 Å². The Bertz CT molecular complexity index is 899. The van der Waals surface area contributed by atoms with E-state index in [-0.39, 0.29) is 0 Å². The molecule has 0 saturated carbocycles. The maximum atomic E-state index is 5.98. The molecule has 3 heterocycles. The molecule has 28 heavy (non-hydrogen) atoms. The van der Waals surface area contributed by atoms with Gasteiger partial charge in [-0.3, -0.25) is 4.98 Å². The van der Waals surface area contributed by atoms with Crippen molar-refractivity contribution in [2.75, 3.05) is 31.1 Å². The molecule has 0 bridgehead atoms. The zero-order valence-corrected chi connectivity index (χ0v) is 16.6. The van der Waals surface area contributed by atoms with Gasteiger partial charge in [-0.1, -0.05) is 26.0 Å². The summed E-state index contributed by atoms with van der Waals surface area (Å²) in [6, 6.07) is 11.0. The van der Waals surface area contributed by atoms with Crippen molar-refractivity contribution in [1.29, 1.82) is 0 Å². The highest BCUT2D eigenvalue weighted by Gasteiger charge is 2.16. The molecule has 0 aliphatic carbocycles. The maximum Gasteiger partial charge on any atom is 0.298 e. The number of anilines is 1. The van der Waals surface area contributed by atoms with Crippen LogP contribution < -0.4 is 10.2 Å². The van der Waals surface area contributed by atoms with Crippen molar-refractivity contribution in [3.05, 3.63) is 53.3 Å². The number of hydrogen-bond donors (Lipinski definition) is 1. The fourth-order valence-corrected chi connectivity index (χ4v) is 3.44. The molecule has 1 aromatic carbocycles. The molecule has 2 aromatic heterocycles. The van der Waals surface area contributed by atoms with Crippen LogP contribution in [0.2, 0.25) is 0 Å². The van der Waals surface area contributed by atoms with E-state index in [0.29, 0.717) is 25.1 Å². The molecule has 1 saturated heterocycles. The topological polar surface area (TPSA) is 63.4 Å². The second-order valence-corrected chi connectivity index (χ2v) is 7.78. The minimum atomic E-state index is 0.502. The highest BCUT2D eigenvalue weighted by Crippen LogP contribution is 2.23. The molecule has 6 nitrogen and oxygen atoms in total. The first-order valence-corrected chi connectivity index (χ1v) is 10.0. The molecule has 1 aliphatic rings. The predicted octanol–water partition coefficient (Wildman–Crippen LogP) is 3.55. The zero-order valence-electron chi connectivity index (χ0n) is 16.6. The number of hydrogen-bond acceptors (Lipinski definition) is 6. The number of piperazine rings is 1. The number of benzene rings is 1. The Morgan fingerprint density at radius 3 is 2.68 bits per heavy atom. The summed E-state index contributed by atoms with van der Waals surface area (Å²) < 4.78 is 11.8. The molecular formula is C22H28N4O2. The number of oxazole rings is 1. The van der Waals surface area contributed by atoms with Crippen molar-refractivity contribution in [2.24, 2.45) is 5.92 Å². The van der Waals surface area contributed by atoms with E-state index in [0.717, 1.165) is 55.0 Å². The first kappa shape index (κ1) is 18.9. The van der Waals surface area contributed by atoms with E-state index in [1.165, 1.54) is 5.56 Å². The number of ether oxygens (including phenoxy) is 1. The van der Waals surface area contributed by atoms with Gasteiger partial charge in [0.2, 0.25) is 0 Å². The van der Waals surface area contributed by atoms with Crippen LogP contribution in [0, 0.1) is 5.92 Å². The van der Waals surface area contributed by atoms with Gasteiger partial charge in [-0.05, 0) is 41.7 Å². The molecule has 3 aromatic rings. The summed E-state index contributed by atoms with van der Waals surface area (Å²) in [5.74, 6) is 0.641. The van der Waals surface area contributed by atoms with Crippen molar-refractivity contribution in [2.45, 2.75) is 33.5 Å². The van der Waals surface area contributed by atoms with Crippen molar-refractivity contribution in [3.63, 3.8) is 0 Å². The van der Waals surface area contributed by atoms with Crippen molar-refractivity contribution >= 4 is 17.1 Å². The van der Waals surface area contributed by atoms with Gasteiger partial charge in [-0.25, -0.2) is 0 Å². The lowest BCUT2D eigenvalue weighted by atomic mass is 10.0. The Morgan fingerprint density at radius 1 is 1.11 bits per heavy atom. The minimum absolute atomic E-state index is 0.502. The van der Waals surface area contributed by atoms with Gasteiger partial charge in [0.15, 0.2) is 5.58 Å². The lowest BCUT2D eigenvalue weighted by Crippen LogP contribution is -2.43. The summed E-state index contributed by atoms with van der Waals surface area (Å²) in [6.45, 7) is 9.23. The predicted molar refractivity (Wildman–Crippen MR) is 110 cm³/mol. The van der Waals surface area contributed by atoms with Crippen LogP contribution in [0.1, 0.15) is 30.7 Å². The van der Waals surface area contributed by atoms with E-state index in [1.807, 2.05) is 24.4 Å². The van der Waals surface area contributed by atoms with Crippen LogP contribution in [-0.2, 0) is 24.4 Å². The molecule has 0 amide bonds. The minimum Gasteiger partial charge on any atom is -0.423 e. The molecule has 0 radical (unpaired) electrons. The molecule has 1 fully saturated rings. The molecule has 148 valence electrons. The van der Waals surface area contributed by atoms with Crippen LogP contribution in [0.3, 0.4) is 0 Å². The Balaban J connectivity index is 1.34.